The number of hydrogen-bond donors (Lipinski definition) is 0. The van der Waals surface area contributed by atoms with Crippen molar-refractivity contribution >= 4 is 5.97 Å². The van der Waals surface area contributed by atoms with Crippen molar-refractivity contribution in [2.24, 2.45) is 5.92 Å². The molecule has 0 saturated heterocycles. The summed E-state index contributed by atoms with van der Waals surface area (Å²) in [5.74, 6) is 0.572. The number of carbonyl (C=O) groups excluding carboxylic acids is 1. The average molecular weight is 353 g/mol. The first-order valence-electron chi connectivity index (χ1n) is 11.0. The summed E-state index contributed by atoms with van der Waals surface area (Å²) >= 11 is 0. The highest BCUT2D eigenvalue weighted by atomic mass is 16.5. The van der Waals surface area contributed by atoms with Gasteiger partial charge >= 0.3 is 5.97 Å². The zero-order valence-electron chi connectivity index (χ0n) is 17.4. The molecule has 0 rings (SSSR count). The standard InChI is InChI=1S/C23H44O2/c1-4-5-6-7-8-9-10-11-12-13-14-15-16-17-18-19-23(24)25-21-20-22(2)3/h14-15,22H,4-13,16-21H2,1-3H3/b15-14-. The fourth-order valence-electron chi connectivity index (χ4n) is 2.82. The molecular formula is C23H44O2. The second-order valence-corrected chi connectivity index (χ2v) is 7.74. The molecule has 0 heterocycles. The van der Waals surface area contributed by atoms with Gasteiger partial charge in [-0.2, -0.15) is 0 Å². The van der Waals surface area contributed by atoms with E-state index in [1.807, 2.05) is 0 Å². The summed E-state index contributed by atoms with van der Waals surface area (Å²) in [5, 5.41) is 0. The first-order chi connectivity index (χ1) is 12.2. The highest BCUT2D eigenvalue weighted by molar-refractivity contribution is 5.69. The molecule has 0 unspecified atom stereocenters. The molecule has 0 atom stereocenters. The number of carbonyl (C=O) groups is 1. The van der Waals surface area contributed by atoms with E-state index in [2.05, 4.69) is 32.9 Å². The van der Waals surface area contributed by atoms with E-state index in [-0.39, 0.29) is 5.97 Å². The Morgan fingerprint density at radius 1 is 0.800 bits per heavy atom. The predicted molar refractivity (Wildman–Crippen MR) is 110 cm³/mol. The monoisotopic (exact) mass is 352 g/mol. The van der Waals surface area contributed by atoms with Gasteiger partial charge in [-0.15, -0.1) is 0 Å². The Balaban J connectivity index is 3.21. The molecule has 25 heavy (non-hydrogen) atoms. The Morgan fingerprint density at radius 3 is 1.88 bits per heavy atom. The van der Waals surface area contributed by atoms with Crippen molar-refractivity contribution in [3.8, 4) is 0 Å². The van der Waals surface area contributed by atoms with Crippen LogP contribution in [0.3, 0.4) is 0 Å². The van der Waals surface area contributed by atoms with Crippen LogP contribution in [0.5, 0.6) is 0 Å². The largest absolute Gasteiger partial charge is 0.466 e. The molecule has 0 amide bonds. The molecule has 0 N–H and O–H groups in total. The van der Waals surface area contributed by atoms with Gasteiger partial charge in [0, 0.05) is 6.42 Å². The molecular weight excluding hydrogens is 308 g/mol. The van der Waals surface area contributed by atoms with Crippen molar-refractivity contribution in [1.29, 1.82) is 0 Å². The third kappa shape index (κ3) is 21.2. The van der Waals surface area contributed by atoms with Gasteiger partial charge in [0.25, 0.3) is 0 Å². The van der Waals surface area contributed by atoms with Gasteiger partial charge in [-0.05, 0) is 44.4 Å². The Morgan fingerprint density at radius 2 is 1.32 bits per heavy atom. The summed E-state index contributed by atoms with van der Waals surface area (Å²) in [5.41, 5.74) is 0. The molecule has 0 bridgehead atoms. The third-order valence-corrected chi connectivity index (χ3v) is 4.60. The van der Waals surface area contributed by atoms with Crippen LogP contribution in [0.1, 0.15) is 117 Å². The maximum atomic E-state index is 11.5. The Hall–Kier alpha value is -0.790. The topological polar surface area (TPSA) is 26.3 Å². The third-order valence-electron chi connectivity index (χ3n) is 4.60. The van der Waals surface area contributed by atoms with Gasteiger partial charge in [-0.3, -0.25) is 4.79 Å². The predicted octanol–water partition coefficient (Wildman–Crippen LogP) is 7.61. The van der Waals surface area contributed by atoms with Crippen molar-refractivity contribution in [3.63, 3.8) is 0 Å². The van der Waals surface area contributed by atoms with E-state index in [4.69, 9.17) is 4.74 Å². The summed E-state index contributed by atoms with van der Waals surface area (Å²) in [6.07, 6.45) is 23.0. The van der Waals surface area contributed by atoms with Crippen molar-refractivity contribution in [2.45, 2.75) is 117 Å². The Kier molecular flexibility index (Phi) is 18.9. The van der Waals surface area contributed by atoms with Crippen LogP contribution in [-0.4, -0.2) is 12.6 Å². The van der Waals surface area contributed by atoms with Gasteiger partial charge in [0.2, 0.25) is 0 Å². The minimum Gasteiger partial charge on any atom is -0.466 e. The van der Waals surface area contributed by atoms with E-state index < -0.39 is 0 Å². The maximum absolute atomic E-state index is 11.5. The Labute approximate surface area is 157 Å². The SMILES string of the molecule is CCCCCCCCCCC/C=C\CCCCC(=O)OCCC(C)C. The fraction of sp³-hybridized carbons (Fsp3) is 0.870. The first kappa shape index (κ1) is 24.2. The molecule has 0 spiro atoms. The number of unbranched alkanes of at least 4 members (excludes halogenated alkanes) is 11. The van der Waals surface area contributed by atoms with Gasteiger partial charge in [0.05, 0.1) is 6.61 Å². The molecule has 2 nitrogen and oxygen atoms in total. The molecule has 2 heteroatoms. The van der Waals surface area contributed by atoms with Crippen molar-refractivity contribution in [2.75, 3.05) is 6.61 Å². The van der Waals surface area contributed by atoms with E-state index in [0.29, 0.717) is 18.9 Å². The molecule has 0 saturated carbocycles. The first-order valence-corrected chi connectivity index (χ1v) is 11.0. The lowest BCUT2D eigenvalue weighted by molar-refractivity contribution is -0.144. The summed E-state index contributed by atoms with van der Waals surface area (Å²) in [4.78, 5) is 11.5. The second-order valence-electron chi connectivity index (χ2n) is 7.74. The second kappa shape index (κ2) is 19.5. The van der Waals surface area contributed by atoms with E-state index in [1.54, 1.807) is 0 Å². The number of ether oxygens (including phenoxy) is 1. The van der Waals surface area contributed by atoms with Crippen molar-refractivity contribution in [3.05, 3.63) is 12.2 Å². The smallest absolute Gasteiger partial charge is 0.305 e. The minimum absolute atomic E-state index is 0.0284. The Bertz CT molecular complexity index is 307. The zero-order valence-corrected chi connectivity index (χ0v) is 17.4. The molecule has 148 valence electrons. The number of esters is 1. The van der Waals surface area contributed by atoms with Crippen molar-refractivity contribution in [1.82, 2.24) is 0 Å². The van der Waals surface area contributed by atoms with Crippen LogP contribution in [-0.2, 0) is 9.53 Å². The molecule has 0 aliphatic rings. The molecule has 0 aromatic rings. The van der Waals surface area contributed by atoms with Gasteiger partial charge in [0.1, 0.15) is 0 Å². The summed E-state index contributed by atoms with van der Waals surface area (Å²) in [6, 6.07) is 0. The number of rotatable bonds is 18. The number of hydrogen-bond acceptors (Lipinski definition) is 2. The van der Waals surface area contributed by atoms with Gasteiger partial charge in [-0.1, -0.05) is 84.3 Å². The quantitative estimate of drug-likeness (QED) is 0.144. The van der Waals surface area contributed by atoms with Crippen LogP contribution in [0, 0.1) is 5.92 Å². The lowest BCUT2D eigenvalue weighted by atomic mass is 10.1. The van der Waals surface area contributed by atoms with Crippen LogP contribution >= 0.6 is 0 Å². The maximum Gasteiger partial charge on any atom is 0.305 e. The lowest BCUT2D eigenvalue weighted by Crippen LogP contribution is -2.07. The van der Waals surface area contributed by atoms with Gasteiger partial charge in [-0.25, -0.2) is 0 Å². The molecule has 0 aromatic heterocycles. The van der Waals surface area contributed by atoms with E-state index >= 15 is 0 Å². The molecule has 0 fully saturated rings. The van der Waals surface area contributed by atoms with E-state index in [9.17, 15) is 4.79 Å². The van der Waals surface area contributed by atoms with E-state index in [1.165, 1.54) is 64.2 Å². The highest BCUT2D eigenvalue weighted by Crippen LogP contribution is 2.11. The lowest BCUT2D eigenvalue weighted by Gasteiger charge is -2.06. The number of allylic oxidation sites excluding steroid dienone is 2. The minimum atomic E-state index is -0.0284. The van der Waals surface area contributed by atoms with Crippen LogP contribution in [0.25, 0.3) is 0 Å². The normalized spacial score (nSPS) is 11.5. The van der Waals surface area contributed by atoms with Gasteiger partial charge < -0.3 is 4.74 Å². The molecule has 0 aliphatic heterocycles. The zero-order chi connectivity index (χ0) is 18.6. The van der Waals surface area contributed by atoms with E-state index in [0.717, 1.165) is 25.7 Å². The van der Waals surface area contributed by atoms with Crippen molar-refractivity contribution < 1.29 is 9.53 Å². The fourth-order valence-corrected chi connectivity index (χ4v) is 2.82. The van der Waals surface area contributed by atoms with Crippen LogP contribution in [0.2, 0.25) is 0 Å². The van der Waals surface area contributed by atoms with Crippen LogP contribution < -0.4 is 0 Å². The summed E-state index contributed by atoms with van der Waals surface area (Å²) < 4.78 is 5.22. The average Bonchev–Trinajstić information content (AvgIpc) is 2.58. The van der Waals surface area contributed by atoms with Gasteiger partial charge in [0.15, 0.2) is 0 Å². The molecule has 0 radical (unpaired) electrons. The van der Waals surface area contributed by atoms with Crippen LogP contribution in [0.15, 0.2) is 12.2 Å². The summed E-state index contributed by atoms with van der Waals surface area (Å²) in [6.45, 7) is 7.15. The molecule has 0 aromatic carbocycles. The molecule has 0 aliphatic carbocycles. The van der Waals surface area contributed by atoms with Crippen LogP contribution in [0.4, 0.5) is 0 Å². The summed E-state index contributed by atoms with van der Waals surface area (Å²) in [7, 11) is 0. The highest BCUT2D eigenvalue weighted by Gasteiger charge is 2.02.